The molecule has 1 unspecified atom stereocenters. The molecule has 2 N–H and O–H groups in total. The molecule has 0 aliphatic carbocycles. The molecule has 0 rings (SSSR count). The first-order valence-corrected chi connectivity index (χ1v) is 7.52. The summed E-state index contributed by atoms with van der Waals surface area (Å²) in [4.78, 5) is 4.10. The molecule has 0 aromatic rings. The van der Waals surface area contributed by atoms with Gasteiger partial charge in [-0.1, -0.05) is 19.9 Å². The Morgan fingerprint density at radius 3 is 2.53 bits per heavy atom. The average molecular weight is 280 g/mol. The molecule has 0 saturated heterocycles. The maximum Gasteiger partial charge on any atom is 0.334 e. The fourth-order valence-corrected chi connectivity index (χ4v) is 3.16. The minimum Gasteiger partial charge on any atom is -0.286 e. The Kier molecular flexibility index (Phi) is 6.39. The van der Waals surface area contributed by atoms with Crippen molar-refractivity contribution in [2.75, 3.05) is 7.05 Å². The molecule has 100 valence electrons. The first kappa shape index (κ1) is 16.6. The van der Waals surface area contributed by atoms with E-state index in [1.54, 1.807) is 14.0 Å². The van der Waals surface area contributed by atoms with Crippen LogP contribution in [-0.2, 0) is 10.3 Å². The van der Waals surface area contributed by atoms with Gasteiger partial charge in [-0.15, -0.1) is 18.3 Å². The van der Waals surface area contributed by atoms with Gasteiger partial charge in [0.2, 0.25) is 0 Å². The molecule has 0 aliphatic rings. The first-order chi connectivity index (χ1) is 7.68. The van der Waals surface area contributed by atoms with Gasteiger partial charge < -0.3 is 0 Å². The summed E-state index contributed by atoms with van der Waals surface area (Å²) in [6, 6.07) is 0. The zero-order valence-corrected chi connectivity index (χ0v) is 12.2. The van der Waals surface area contributed by atoms with Crippen LogP contribution in [0.15, 0.2) is 17.6 Å². The maximum atomic E-state index is 10.9. The normalized spacial score (nSPS) is 18.5. The summed E-state index contributed by atoms with van der Waals surface area (Å²) in [6.07, 6.45) is 2.26. The largest absolute Gasteiger partial charge is 0.334 e. The minimum absolute atomic E-state index is 0.138. The SMILES string of the molecule is C=CC(C)(NS(=O)(=O)O)[C@H](C)SC(CC)=NC. The number of hydrogen-bond acceptors (Lipinski definition) is 4. The van der Waals surface area contributed by atoms with Gasteiger partial charge in [-0.3, -0.25) is 9.55 Å². The molecular weight excluding hydrogens is 260 g/mol. The second-order valence-corrected chi connectivity index (χ2v) is 6.36. The predicted molar refractivity (Wildman–Crippen MR) is 74.0 cm³/mol. The van der Waals surface area contributed by atoms with Crippen LogP contribution in [0.1, 0.15) is 27.2 Å². The third kappa shape index (κ3) is 5.67. The van der Waals surface area contributed by atoms with Crippen molar-refractivity contribution in [1.29, 1.82) is 0 Å². The van der Waals surface area contributed by atoms with Crippen LogP contribution in [0.25, 0.3) is 0 Å². The van der Waals surface area contributed by atoms with Crippen molar-refractivity contribution in [3.8, 4) is 0 Å². The van der Waals surface area contributed by atoms with Crippen molar-refractivity contribution in [3.05, 3.63) is 12.7 Å². The van der Waals surface area contributed by atoms with Crippen LogP contribution >= 0.6 is 11.8 Å². The molecule has 0 bridgehead atoms. The van der Waals surface area contributed by atoms with Gasteiger partial charge in [0.15, 0.2) is 0 Å². The Bertz CT molecular complexity index is 392. The highest BCUT2D eigenvalue weighted by molar-refractivity contribution is 8.14. The molecule has 0 heterocycles. The molecule has 17 heavy (non-hydrogen) atoms. The average Bonchev–Trinajstić information content (AvgIpc) is 2.22. The van der Waals surface area contributed by atoms with Crippen molar-refractivity contribution in [2.45, 2.75) is 38.0 Å². The standard InChI is InChI=1S/C10H20N2O3S2/c1-6-9(11-5)16-8(3)10(4,7-2)12-17(13,14)15/h7-8,12H,2,6H2,1,3-5H3,(H,13,14,15)/t8-,10?/m0/s1. The van der Waals surface area contributed by atoms with E-state index in [9.17, 15) is 8.42 Å². The zero-order chi connectivity index (χ0) is 13.7. The summed E-state index contributed by atoms with van der Waals surface area (Å²) in [7, 11) is -2.57. The Morgan fingerprint density at radius 2 is 2.24 bits per heavy atom. The highest BCUT2D eigenvalue weighted by atomic mass is 32.2. The zero-order valence-electron chi connectivity index (χ0n) is 10.6. The second kappa shape index (κ2) is 6.53. The molecule has 0 fully saturated rings. The number of nitrogens with one attached hydrogen (secondary N) is 1. The van der Waals surface area contributed by atoms with E-state index >= 15 is 0 Å². The lowest BCUT2D eigenvalue weighted by molar-refractivity contribution is 0.427. The number of nitrogens with zero attached hydrogens (tertiary/aromatic N) is 1. The highest BCUT2D eigenvalue weighted by Crippen LogP contribution is 2.27. The van der Waals surface area contributed by atoms with E-state index in [-0.39, 0.29) is 5.25 Å². The van der Waals surface area contributed by atoms with Gasteiger partial charge in [-0.2, -0.15) is 13.1 Å². The highest BCUT2D eigenvalue weighted by Gasteiger charge is 2.32. The summed E-state index contributed by atoms with van der Waals surface area (Å²) in [5, 5.41) is 0.781. The maximum absolute atomic E-state index is 10.9. The van der Waals surface area contributed by atoms with Crippen LogP contribution in [0, 0.1) is 0 Å². The van der Waals surface area contributed by atoms with E-state index in [0.29, 0.717) is 0 Å². The van der Waals surface area contributed by atoms with Gasteiger partial charge in [-0.05, 0) is 13.3 Å². The monoisotopic (exact) mass is 280 g/mol. The molecule has 0 aromatic carbocycles. The van der Waals surface area contributed by atoms with Crippen LogP contribution in [-0.4, -0.2) is 35.9 Å². The number of rotatable bonds is 6. The Hall–Kier alpha value is -0.370. The second-order valence-electron chi connectivity index (χ2n) is 3.79. The third-order valence-electron chi connectivity index (χ3n) is 2.48. The molecule has 0 aromatic heterocycles. The fraction of sp³-hybridized carbons (Fsp3) is 0.700. The Balaban J connectivity index is 4.93. The number of aliphatic imine (C=N–C) groups is 1. The van der Waals surface area contributed by atoms with E-state index < -0.39 is 15.8 Å². The van der Waals surface area contributed by atoms with Crippen molar-refractivity contribution in [1.82, 2.24) is 4.72 Å². The van der Waals surface area contributed by atoms with E-state index in [1.807, 2.05) is 13.8 Å². The molecule has 0 radical (unpaired) electrons. The molecule has 0 saturated carbocycles. The number of hydrogen-bond donors (Lipinski definition) is 2. The summed E-state index contributed by atoms with van der Waals surface area (Å²) >= 11 is 1.46. The van der Waals surface area contributed by atoms with E-state index in [4.69, 9.17) is 4.55 Å². The molecule has 0 amide bonds. The van der Waals surface area contributed by atoms with Gasteiger partial charge in [0.25, 0.3) is 0 Å². The van der Waals surface area contributed by atoms with Gasteiger partial charge in [0.05, 0.1) is 10.6 Å². The minimum atomic E-state index is -4.26. The topological polar surface area (TPSA) is 78.8 Å². The van der Waals surface area contributed by atoms with Crippen LogP contribution in [0.4, 0.5) is 0 Å². The molecule has 5 nitrogen and oxygen atoms in total. The third-order valence-corrected chi connectivity index (χ3v) is 4.77. The van der Waals surface area contributed by atoms with Gasteiger partial charge in [0.1, 0.15) is 0 Å². The van der Waals surface area contributed by atoms with Crippen LogP contribution in [0.5, 0.6) is 0 Å². The lowest BCUT2D eigenvalue weighted by Crippen LogP contribution is -2.50. The molecule has 2 atom stereocenters. The van der Waals surface area contributed by atoms with Crippen LogP contribution in [0.3, 0.4) is 0 Å². The molecular formula is C10H20N2O3S2. The van der Waals surface area contributed by atoms with E-state index in [1.165, 1.54) is 17.8 Å². The van der Waals surface area contributed by atoms with Crippen molar-refractivity contribution in [2.24, 2.45) is 4.99 Å². The lowest BCUT2D eigenvalue weighted by atomic mass is 10.0. The smallest absolute Gasteiger partial charge is 0.286 e. The van der Waals surface area contributed by atoms with Crippen molar-refractivity contribution >= 4 is 27.1 Å². The summed E-state index contributed by atoms with van der Waals surface area (Å²) in [5.74, 6) is 0. The van der Waals surface area contributed by atoms with Gasteiger partial charge in [0, 0.05) is 12.3 Å². The Labute approximate surface area is 108 Å². The van der Waals surface area contributed by atoms with E-state index in [0.717, 1.165) is 11.5 Å². The summed E-state index contributed by atoms with van der Waals surface area (Å²) in [6.45, 7) is 9.10. The number of thioether (sulfide) groups is 1. The van der Waals surface area contributed by atoms with Crippen molar-refractivity contribution in [3.63, 3.8) is 0 Å². The van der Waals surface area contributed by atoms with Gasteiger partial charge in [-0.25, -0.2) is 0 Å². The fourth-order valence-electron chi connectivity index (χ4n) is 1.19. The van der Waals surface area contributed by atoms with Crippen LogP contribution in [0.2, 0.25) is 0 Å². The molecule has 0 spiro atoms. The van der Waals surface area contributed by atoms with Crippen molar-refractivity contribution < 1.29 is 13.0 Å². The molecule has 7 heteroatoms. The summed E-state index contributed by atoms with van der Waals surface area (Å²) in [5.41, 5.74) is -0.927. The molecule has 0 aliphatic heterocycles. The van der Waals surface area contributed by atoms with E-state index in [2.05, 4.69) is 16.3 Å². The quantitative estimate of drug-likeness (QED) is 0.337. The Morgan fingerprint density at radius 1 is 1.71 bits per heavy atom. The van der Waals surface area contributed by atoms with Crippen LogP contribution < -0.4 is 4.72 Å². The van der Waals surface area contributed by atoms with Gasteiger partial charge >= 0.3 is 10.3 Å². The predicted octanol–water partition coefficient (Wildman–Crippen LogP) is 1.88. The summed E-state index contributed by atoms with van der Waals surface area (Å²) < 4.78 is 32.8. The lowest BCUT2D eigenvalue weighted by Gasteiger charge is -2.31. The first-order valence-electron chi connectivity index (χ1n) is 5.20.